The monoisotopic (exact) mass is 391 g/mol. The van der Waals surface area contributed by atoms with Crippen LogP contribution in [0.1, 0.15) is 17.7 Å². The molecule has 4 rings (SSSR count). The van der Waals surface area contributed by atoms with Gasteiger partial charge in [-0.15, -0.1) is 5.10 Å². The van der Waals surface area contributed by atoms with Crippen LogP contribution in [0.15, 0.2) is 42.5 Å². The second kappa shape index (κ2) is 7.40. The first-order chi connectivity index (χ1) is 13.4. The lowest BCUT2D eigenvalue weighted by molar-refractivity contribution is -0.137. The van der Waals surface area contributed by atoms with Gasteiger partial charge in [-0.3, -0.25) is 4.90 Å². The summed E-state index contributed by atoms with van der Waals surface area (Å²) >= 11 is 0. The van der Waals surface area contributed by atoms with E-state index >= 15 is 0 Å². The third-order valence-electron chi connectivity index (χ3n) is 4.92. The zero-order valence-corrected chi connectivity index (χ0v) is 15.0. The van der Waals surface area contributed by atoms with Crippen LogP contribution in [-0.2, 0) is 12.7 Å². The second-order valence-corrected chi connectivity index (χ2v) is 7.00. The molecule has 0 amide bonds. The van der Waals surface area contributed by atoms with Crippen LogP contribution >= 0.6 is 0 Å². The molecule has 28 heavy (non-hydrogen) atoms. The number of aliphatic hydroxyl groups excluding tert-OH is 1. The number of rotatable bonds is 5. The maximum absolute atomic E-state index is 12.7. The number of hydrogen-bond acceptors (Lipinski definition) is 5. The summed E-state index contributed by atoms with van der Waals surface area (Å²) in [5.74, 6) is 0.633. The van der Waals surface area contributed by atoms with Crippen molar-refractivity contribution in [2.24, 2.45) is 5.92 Å². The number of hydrogen-bond donors (Lipinski definition) is 2. The van der Waals surface area contributed by atoms with Gasteiger partial charge in [0.2, 0.25) is 5.95 Å². The summed E-state index contributed by atoms with van der Waals surface area (Å²) in [5.41, 5.74) is 1.40. The Kier molecular flexibility index (Phi) is 4.94. The number of anilines is 2. The second-order valence-electron chi connectivity index (χ2n) is 7.00. The summed E-state index contributed by atoms with van der Waals surface area (Å²) in [5, 5.41) is 16.7. The Hall–Kier alpha value is -2.65. The number of alkyl halides is 3. The van der Waals surface area contributed by atoms with Crippen LogP contribution in [0.2, 0.25) is 0 Å². The molecule has 0 radical (unpaired) electrons. The Morgan fingerprint density at radius 2 is 1.93 bits per heavy atom. The van der Waals surface area contributed by atoms with Gasteiger partial charge >= 0.3 is 6.18 Å². The van der Waals surface area contributed by atoms with Crippen LogP contribution in [0.5, 0.6) is 0 Å². The van der Waals surface area contributed by atoms with Crippen LogP contribution in [0, 0.1) is 5.92 Å². The minimum absolute atomic E-state index is 0.200. The Morgan fingerprint density at radius 1 is 1.14 bits per heavy atom. The van der Waals surface area contributed by atoms with Crippen molar-refractivity contribution in [3.8, 4) is 0 Å². The highest BCUT2D eigenvalue weighted by molar-refractivity contribution is 5.56. The van der Waals surface area contributed by atoms with Crippen LogP contribution < -0.4 is 5.32 Å². The quantitative estimate of drug-likeness (QED) is 0.699. The first kappa shape index (κ1) is 18.7. The Balaban J connectivity index is 1.52. The van der Waals surface area contributed by atoms with Gasteiger partial charge in [0.15, 0.2) is 5.65 Å². The largest absolute Gasteiger partial charge is 0.416 e. The number of fused-ring (bicyclic) bond motifs is 1. The molecule has 1 aliphatic heterocycles. The molecule has 0 unspecified atom stereocenters. The van der Waals surface area contributed by atoms with Crippen LogP contribution in [-0.4, -0.2) is 44.3 Å². The van der Waals surface area contributed by atoms with Crippen LogP contribution in [0.25, 0.3) is 5.65 Å². The molecule has 1 atom stereocenters. The van der Waals surface area contributed by atoms with E-state index in [1.807, 2.05) is 18.2 Å². The average molecular weight is 391 g/mol. The summed E-state index contributed by atoms with van der Waals surface area (Å²) in [6.07, 6.45) is -3.38. The molecule has 9 heteroatoms. The van der Waals surface area contributed by atoms with Gasteiger partial charge in [0.05, 0.1) is 11.3 Å². The summed E-state index contributed by atoms with van der Waals surface area (Å²) in [6, 6.07) is 10.5. The number of aromatic nitrogens is 3. The fourth-order valence-corrected chi connectivity index (χ4v) is 3.44. The van der Waals surface area contributed by atoms with E-state index in [9.17, 15) is 18.3 Å². The molecule has 0 saturated carbocycles. The van der Waals surface area contributed by atoms with Crippen molar-refractivity contribution in [3.63, 3.8) is 0 Å². The van der Waals surface area contributed by atoms with Crippen molar-refractivity contribution < 1.29 is 18.3 Å². The van der Waals surface area contributed by atoms with Crippen LogP contribution in [0.4, 0.5) is 24.8 Å². The standard InChI is InChI=1S/C19H20F3N5O/c20-19(21,22)14-4-6-15(7-5-14)23-18-24-17-3-1-2-16(27(17)25-18)11-26-9-8-13(10-26)12-28/h1-7,13,28H,8-12H2,(H,23,25)/t13-/m0/s1. The van der Waals surface area contributed by atoms with Crippen molar-refractivity contribution in [2.75, 3.05) is 25.0 Å². The van der Waals surface area contributed by atoms with Gasteiger partial charge < -0.3 is 10.4 Å². The highest BCUT2D eigenvalue weighted by Crippen LogP contribution is 2.30. The van der Waals surface area contributed by atoms with E-state index in [2.05, 4.69) is 20.3 Å². The first-order valence-corrected chi connectivity index (χ1v) is 9.04. The van der Waals surface area contributed by atoms with E-state index in [-0.39, 0.29) is 6.61 Å². The molecule has 0 spiro atoms. The lowest BCUT2D eigenvalue weighted by Crippen LogP contribution is -2.22. The third-order valence-corrected chi connectivity index (χ3v) is 4.92. The number of halogens is 3. The van der Waals surface area contributed by atoms with Gasteiger partial charge in [-0.25, -0.2) is 4.52 Å². The molecule has 2 N–H and O–H groups in total. The van der Waals surface area contributed by atoms with Gasteiger partial charge in [-0.2, -0.15) is 18.2 Å². The summed E-state index contributed by atoms with van der Waals surface area (Å²) in [7, 11) is 0. The Morgan fingerprint density at radius 3 is 2.61 bits per heavy atom. The summed E-state index contributed by atoms with van der Waals surface area (Å²) in [4.78, 5) is 6.67. The van der Waals surface area contributed by atoms with E-state index in [0.29, 0.717) is 29.7 Å². The topological polar surface area (TPSA) is 65.7 Å². The number of nitrogens with one attached hydrogen (secondary N) is 1. The smallest absolute Gasteiger partial charge is 0.396 e. The lowest BCUT2D eigenvalue weighted by Gasteiger charge is -2.15. The molecule has 2 aromatic heterocycles. The van der Waals surface area contributed by atoms with Gasteiger partial charge in [-0.1, -0.05) is 6.07 Å². The van der Waals surface area contributed by atoms with Gasteiger partial charge in [0.25, 0.3) is 0 Å². The molecule has 1 saturated heterocycles. The molecule has 148 valence electrons. The fourth-order valence-electron chi connectivity index (χ4n) is 3.44. The number of pyridine rings is 1. The molecule has 1 aromatic carbocycles. The van der Waals surface area contributed by atoms with Crippen molar-refractivity contribution in [1.82, 2.24) is 19.5 Å². The van der Waals surface area contributed by atoms with E-state index in [0.717, 1.165) is 37.3 Å². The van der Waals surface area contributed by atoms with Gasteiger partial charge in [-0.05, 0) is 55.3 Å². The van der Waals surface area contributed by atoms with Crippen LogP contribution in [0.3, 0.4) is 0 Å². The fraction of sp³-hybridized carbons (Fsp3) is 0.368. The first-order valence-electron chi connectivity index (χ1n) is 9.04. The molecule has 0 bridgehead atoms. The number of benzene rings is 1. The molecule has 1 fully saturated rings. The molecule has 1 aliphatic rings. The number of aliphatic hydroxyl groups is 1. The van der Waals surface area contributed by atoms with Crippen molar-refractivity contribution >= 4 is 17.3 Å². The van der Waals surface area contributed by atoms with Crippen molar-refractivity contribution in [2.45, 2.75) is 19.1 Å². The minimum atomic E-state index is -4.36. The number of likely N-dealkylation sites (tertiary alicyclic amines) is 1. The van der Waals surface area contributed by atoms with E-state index < -0.39 is 11.7 Å². The maximum Gasteiger partial charge on any atom is 0.416 e. The Labute approximate surface area is 159 Å². The summed E-state index contributed by atoms with van der Waals surface area (Å²) in [6.45, 7) is 2.66. The molecular weight excluding hydrogens is 371 g/mol. The SMILES string of the molecule is OC[C@H]1CCN(Cc2cccc3nc(Nc4ccc(C(F)(F)F)cc4)nn23)C1. The maximum atomic E-state index is 12.7. The minimum Gasteiger partial charge on any atom is -0.396 e. The predicted octanol–water partition coefficient (Wildman–Crippen LogP) is 3.31. The normalized spacial score (nSPS) is 18.1. The highest BCUT2D eigenvalue weighted by Gasteiger charge is 2.30. The van der Waals surface area contributed by atoms with E-state index in [4.69, 9.17) is 0 Å². The molecule has 3 heterocycles. The van der Waals surface area contributed by atoms with Gasteiger partial charge in [0, 0.05) is 25.4 Å². The molecule has 3 aromatic rings. The lowest BCUT2D eigenvalue weighted by atomic mass is 10.1. The number of nitrogens with zero attached hydrogens (tertiary/aromatic N) is 4. The zero-order chi connectivity index (χ0) is 19.7. The van der Waals surface area contributed by atoms with E-state index in [1.54, 1.807) is 4.52 Å². The predicted molar refractivity (Wildman–Crippen MR) is 98.2 cm³/mol. The zero-order valence-electron chi connectivity index (χ0n) is 15.0. The van der Waals surface area contributed by atoms with Crippen molar-refractivity contribution in [3.05, 3.63) is 53.7 Å². The molecule has 6 nitrogen and oxygen atoms in total. The molecule has 0 aliphatic carbocycles. The highest BCUT2D eigenvalue weighted by atomic mass is 19.4. The third kappa shape index (κ3) is 3.95. The Bertz CT molecular complexity index is 954. The molecular formula is C19H20F3N5O. The van der Waals surface area contributed by atoms with Gasteiger partial charge in [0.1, 0.15) is 0 Å². The van der Waals surface area contributed by atoms with E-state index in [1.165, 1.54) is 12.1 Å². The average Bonchev–Trinajstić information content (AvgIpc) is 3.28. The van der Waals surface area contributed by atoms with Crippen molar-refractivity contribution in [1.29, 1.82) is 0 Å². The summed E-state index contributed by atoms with van der Waals surface area (Å²) < 4.78 is 39.8.